The van der Waals surface area contributed by atoms with Gasteiger partial charge in [-0.2, -0.15) is 4.98 Å². The highest BCUT2D eigenvalue weighted by molar-refractivity contribution is 5.82. The van der Waals surface area contributed by atoms with E-state index < -0.39 is 6.10 Å². The molecular weight excluding hydrogens is 294 g/mol. The Morgan fingerprint density at radius 2 is 2.22 bits per heavy atom. The second kappa shape index (κ2) is 5.68. The van der Waals surface area contributed by atoms with Crippen LogP contribution in [0.1, 0.15) is 36.0 Å². The Balaban J connectivity index is 1.45. The van der Waals surface area contributed by atoms with Gasteiger partial charge in [-0.05, 0) is 31.4 Å². The molecule has 1 amide bonds. The molecule has 6 nitrogen and oxygen atoms in total. The molecule has 1 aromatic carbocycles. The lowest BCUT2D eigenvalue weighted by atomic mass is 9.97. The second-order valence-corrected chi connectivity index (χ2v) is 6.22. The lowest BCUT2D eigenvalue weighted by molar-refractivity contribution is -0.139. The van der Waals surface area contributed by atoms with Gasteiger partial charge in [0.2, 0.25) is 5.89 Å². The molecule has 2 aliphatic heterocycles. The number of likely N-dealkylation sites (tertiary alicyclic amines) is 1. The number of aryl methyl sites for hydroxylation is 1. The summed E-state index contributed by atoms with van der Waals surface area (Å²) in [6.45, 7) is 3.19. The van der Waals surface area contributed by atoms with E-state index in [9.17, 15) is 4.79 Å². The monoisotopic (exact) mass is 313 g/mol. The average molecular weight is 313 g/mol. The maximum Gasteiger partial charge on any atom is 0.264 e. The van der Waals surface area contributed by atoms with Gasteiger partial charge >= 0.3 is 0 Å². The maximum atomic E-state index is 12.8. The van der Waals surface area contributed by atoms with E-state index in [4.69, 9.17) is 9.26 Å². The predicted octanol–water partition coefficient (Wildman–Crippen LogP) is 2.09. The molecule has 0 N–H and O–H groups in total. The molecule has 23 heavy (non-hydrogen) atoms. The lowest BCUT2D eigenvalue weighted by Gasteiger charge is -2.32. The van der Waals surface area contributed by atoms with Crippen LogP contribution >= 0.6 is 0 Å². The Labute approximate surface area is 134 Å². The molecule has 6 heteroatoms. The molecule has 2 aromatic rings. The smallest absolute Gasteiger partial charge is 0.264 e. The van der Waals surface area contributed by atoms with Crippen molar-refractivity contribution in [1.82, 2.24) is 15.0 Å². The third-order valence-corrected chi connectivity index (χ3v) is 4.55. The maximum absolute atomic E-state index is 12.8. The van der Waals surface area contributed by atoms with Crippen LogP contribution in [0, 0.1) is 6.92 Å². The van der Waals surface area contributed by atoms with Crippen molar-refractivity contribution in [3.8, 4) is 5.75 Å². The number of benzene rings is 1. The Kier molecular flexibility index (Phi) is 3.52. The van der Waals surface area contributed by atoms with Crippen LogP contribution in [-0.4, -0.2) is 40.1 Å². The first-order valence-electron chi connectivity index (χ1n) is 8.04. The van der Waals surface area contributed by atoms with Crippen molar-refractivity contribution >= 4 is 5.91 Å². The summed E-state index contributed by atoms with van der Waals surface area (Å²) in [6.07, 6.45) is 2.15. The summed E-state index contributed by atoms with van der Waals surface area (Å²) in [7, 11) is 0. The van der Waals surface area contributed by atoms with Crippen LogP contribution in [-0.2, 0) is 11.2 Å². The number of hydrogen-bond donors (Lipinski definition) is 0. The molecule has 2 atom stereocenters. The number of amides is 1. The Bertz CT molecular complexity index is 702. The predicted molar refractivity (Wildman–Crippen MR) is 82.2 cm³/mol. The Hall–Kier alpha value is -2.37. The molecule has 0 radical (unpaired) electrons. The number of nitrogens with zero attached hydrogens (tertiary/aromatic N) is 3. The van der Waals surface area contributed by atoms with Crippen LogP contribution in [0.2, 0.25) is 0 Å². The van der Waals surface area contributed by atoms with E-state index in [1.807, 2.05) is 36.1 Å². The number of aromatic nitrogens is 2. The van der Waals surface area contributed by atoms with Crippen molar-refractivity contribution in [3.63, 3.8) is 0 Å². The standard InChI is InChI=1S/C17H19N3O3/c1-11-18-16(23-19-11)13-6-4-8-20(10-13)17(21)15-9-12-5-2-3-7-14(12)22-15/h2-3,5,7,13,15H,4,6,8-10H2,1H3/t13-,15+/m0/s1. The normalized spacial score (nSPS) is 23.4. The molecule has 0 bridgehead atoms. The molecule has 0 aliphatic carbocycles. The lowest BCUT2D eigenvalue weighted by Crippen LogP contribution is -2.46. The zero-order chi connectivity index (χ0) is 15.8. The first-order chi connectivity index (χ1) is 11.2. The fourth-order valence-corrected chi connectivity index (χ4v) is 3.38. The van der Waals surface area contributed by atoms with E-state index in [-0.39, 0.29) is 11.8 Å². The molecule has 0 saturated carbocycles. The third kappa shape index (κ3) is 2.69. The summed E-state index contributed by atoms with van der Waals surface area (Å²) in [5.41, 5.74) is 1.10. The van der Waals surface area contributed by atoms with Gasteiger partial charge in [-0.25, -0.2) is 0 Å². The number of piperidine rings is 1. The highest BCUT2D eigenvalue weighted by Crippen LogP contribution is 2.31. The highest BCUT2D eigenvalue weighted by Gasteiger charge is 2.35. The van der Waals surface area contributed by atoms with Gasteiger partial charge in [0.1, 0.15) is 5.75 Å². The summed E-state index contributed by atoms with van der Waals surface area (Å²) < 4.78 is 11.1. The first kappa shape index (κ1) is 14.2. The zero-order valence-corrected chi connectivity index (χ0v) is 13.1. The van der Waals surface area contributed by atoms with Gasteiger partial charge in [-0.1, -0.05) is 23.4 Å². The van der Waals surface area contributed by atoms with Gasteiger partial charge in [0.25, 0.3) is 5.91 Å². The molecule has 1 fully saturated rings. The van der Waals surface area contributed by atoms with E-state index >= 15 is 0 Å². The van der Waals surface area contributed by atoms with Gasteiger partial charge in [-0.15, -0.1) is 0 Å². The minimum Gasteiger partial charge on any atom is -0.480 e. The topological polar surface area (TPSA) is 68.5 Å². The SMILES string of the molecule is Cc1noc([C@H]2CCCN(C(=O)[C@H]3Cc4ccccc4O3)C2)n1. The highest BCUT2D eigenvalue weighted by atomic mass is 16.5. The van der Waals surface area contributed by atoms with E-state index in [2.05, 4.69) is 10.1 Å². The van der Waals surface area contributed by atoms with Gasteiger partial charge in [0.05, 0.1) is 5.92 Å². The van der Waals surface area contributed by atoms with Crippen molar-refractivity contribution < 1.29 is 14.1 Å². The van der Waals surface area contributed by atoms with Gasteiger partial charge in [-0.3, -0.25) is 4.79 Å². The van der Waals surface area contributed by atoms with E-state index in [0.717, 1.165) is 30.7 Å². The van der Waals surface area contributed by atoms with Crippen LogP contribution in [0.4, 0.5) is 0 Å². The van der Waals surface area contributed by atoms with Crippen LogP contribution in [0.5, 0.6) is 5.75 Å². The summed E-state index contributed by atoms with van der Waals surface area (Å²) in [5, 5.41) is 3.85. The first-order valence-corrected chi connectivity index (χ1v) is 8.04. The molecule has 3 heterocycles. The third-order valence-electron chi connectivity index (χ3n) is 4.55. The summed E-state index contributed by atoms with van der Waals surface area (Å²) >= 11 is 0. The van der Waals surface area contributed by atoms with Gasteiger partial charge in [0.15, 0.2) is 11.9 Å². The average Bonchev–Trinajstić information content (AvgIpc) is 3.20. The van der Waals surface area contributed by atoms with Crippen molar-refractivity contribution in [2.75, 3.05) is 13.1 Å². The summed E-state index contributed by atoms with van der Waals surface area (Å²) in [4.78, 5) is 19.0. The number of carbonyl (C=O) groups is 1. The fraction of sp³-hybridized carbons (Fsp3) is 0.471. The fourth-order valence-electron chi connectivity index (χ4n) is 3.38. The van der Waals surface area contributed by atoms with Crippen LogP contribution in [0.25, 0.3) is 0 Å². The number of carbonyl (C=O) groups excluding carboxylic acids is 1. The number of hydrogen-bond acceptors (Lipinski definition) is 5. The molecule has 1 aromatic heterocycles. The van der Waals surface area contributed by atoms with E-state index in [0.29, 0.717) is 24.7 Å². The number of ether oxygens (including phenoxy) is 1. The minimum atomic E-state index is -0.407. The van der Waals surface area contributed by atoms with Crippen molar-refractivity contribution in [2.45, 2.75) is 38.2 Å². The zero-order valence-electron chi connectivity index (χ0n) is 13.1. The van der Waals surface area contributed by atoms with Crippen molar-refractivity contribution in [3.05, 3.63) is 41.5 Å². The van der Waals surface area contributed by atoms with Gasteiger partial charge < -0.3 is 14.2 Å². The molecule has 0 unspecified atom stereocenters. The Morgan fingerprint density at radius 3 is 3.00 bits per heavy atom. The number of fused-ring (bicyclic) bond motifs is 1. The van der Waals surface area contributed by atoms with Crippen molar-refractivity contribution in [2.24, 2.45) is 0 Å². The molecule has 2 aliphatic rings. The Morgan fingerprint density at radius 1 is 1.35 bits per heavy atom. The molecular formula is C17H19N3O3. The van der Waals surface area contributed by atoms with Gasteiger partial charge in [0, 0.05) is 19.5 Å². The van der Waals surface area contributed by atoms with E-state index in [1.165, 1.54) is 0 Å². The van der Waals surface area contributed by atoms with Crippen molar-refractivity contribution in [1.29, 1.82) is 0 Å². The quantitative estimate of drug-likeness (QED) is 0.849. The van der Waals surface area contributed by atoms with E-state index in [1.54, 1.807) is 0 Å². The molecule has 0 spiro atoms. The molecule has 120 valence electrons. The minimum absolute atomic E-state index is 0.0575. The molecule has 1 saturated heterocycles. The van der Waals surface area contributed by atoms with Crippen LogP contribution in [0.15, 0.2) is 28.8 Å². The number of para-hydroxylation sites is 1. The van der Waals surface area contributed by atoms with Crippen LogP contribution in [0.3, 0.4) is 0 Å². The second-order valence-electron chi connectivity index (χ2n) is 6.22. The summed E-state index contributed by atoms with van der Waals surface area (Å²) in [6, 6.07) is 7.84. The molecule has 4 rings (SSSR count). The number of rotatable bonds is 2. The summed E-state index contributed by atoms with van der Waals surface area (Å²) in [5.74, 6) is 2.28. The largest absolute Gasteiger partial charge is 0.480 e. The van der Waals surface area contributed by atoms with Crippen LogP contribution < -0.4 is 4.74 Å².